The van der Waals surface area contributed by atoms with E-state index in [-0.39, 0.29) is 35.8 Å². The Morgan fingerprint density at radius 1 is 1.24 bits per heavy atom. The van der Waals surface area contributed by atoms with Crippen LogP contribution in [-0.4, -0.2) is 86.5 Å². The van der Waals surface area contributed by atoms with Crippen molar-refractivity contribution in [2.24, 2.45) is 28.6 Å². The molecule has 3 aliphatic carbocycles. The SMILES string of the molecule is C/C(=N/OC(C)C)c1ccc(O)c2c1C[C@H]1C[C@H]3[C@H](N(C)C)C(O)C(C(N)=O)C(=O)[C@@]3(O)C(=O)C1=C2O. The topological polar surface area (TPSA) is 183 Å². The summed E-state index contributed by atoms with van der Waals surface area (Å²) in [7, 11) is 3.21. The number of carbonyl (C=O) groups is 3. The van der Waals surface area contributed by atoms with E-state index < -0.39 is 58.7 Å². The number of rotatable bonds is 5. The molecule has 11 nitrogen and oxygen atoms in total. The van der Waals surface area contributed by atoms with Gasteiger partial charge in [0.05, 0.1) is 17.4 Å². The lowest BCUT2D eigenvalue weighted by Gasteiger charge is -2.53. The molecule has 1 aromatic rings. The molecule has 2 unspecified atom stereocenters. The molecule has 2 fully saturated rings. The summed E-state index contributed by atoms with van der Waals surface area (Å²) < 4.78 is 0. The van der Waals surface area contributed by atoms with Crippen LogP contribution in [0.5, 0.6) is 5.75 Å². The number of phenols is 1. The van der Waals surface area contributed by atoms with Crippen molar-refractivity contribution in [2.45, 2.75) is 57.5 Å². The predicted octanol–water partition coefficient (Wildman–Crippen LogP) is 0.278. The average Bonchev–Trinajstić information content (AvgIpc) is 2.79. The van der Waals surface area contributed by atoms with Crippen molar-refractivity contribution < 1.29 is 39.6 Å². The normalized spacial score (nSPS) is 31.8. The van der Waals surface area contributed by atoms with E-state index in [9.17, 15) is 34.8 Å². The van der Waals surface area contributed by atoms with Crippen LogP contribution in [0.25, 0.3) is 5.76 Å². The first-order valence-electron chi connectivity index (χ1n) is 12.2. The first-order valence-corrected chi connectivity index (χ1v) is 12.2. The lowest BCUT2D eigenvalue weighted by molar-refractivity contribution is -0.184. The van der Waals surface area contributed by atoms with Crippen molar-refractivity contribution in [1.29, 1.82) is 0 Å². The summed E-state index contributed by atoms with van der Waals surface area (Å²) in [6, 6.07) is 2.06. The Kier molecular flexibility index (Phi) is 6.68. The van der Waals surface area contributed by atoms with E-state index in [1.807, 2.05) is 13.8 Å². The number of phenolic OH excluding ortho intramolecular Hbond substituents is 1. The molecule has 0 radical (unpaired) electrons. The number of aliphatic hydroxyl groups excluding tert-OH is 2. The van der Waals surface area contributed by atoms with Crippen LogP contribution in [0.4, 0.5) is 0 Å². The third-order valence-corrected chi connectivity index (χ3v) is 7.76. The van der Waals surface area contributed by atoms with Gasteiger partial charge in [-0.15, -0.1) is 0 Å². The molecule has 0 spiro atoms. The van der Waals surface area contributed by atoms with Crippen LogP contribution in [0.2, 0.25) is 0 Å². The molecule has 6 atom stereocenters. The second kappa shape index (κ2) is 9.23. The maximum absolute atomic E-state index is 13.8. The van der Waals surface area contributed by atoms with Crippen LogP contribution in [0.1, 0.15) is 43.9 Å². The molecule has 1 aromatic carbocycles. The highest BCUT2D eigenvalue weighted by Gasteiger charge is 2.67. The van der Waals surface area contributed by atoms with E-state index in [4.69, 9.17) is 10.6 Å². The number of Topliss-reactive ketones (excluding diaryl/α,β-unsaturated/α-hetero) is 2. The highest BCUT2D eigenvalue weighted by Crippen LogP contribution is 2.52. The van der Waals surface area contributed by atoms with E-state index in [1.165, 1.54) is 6.07 Å². The largest absolute Gasteiger partial charge is 0.507 e. The van der Waals surface area contributed by atoms with Gasteiger partial charge in [0.2, 0.25) is 11.7 Å². The number of carbonyl (C=O) groups excluding carboxylic acids is 3. The Balaban J connectivity index is 1.90. The van der Waals surface area contributed by atoms with Crippen molar-refractivity contribution in [3.05, 3.63) is 34.4 Å². The van der Waals surface area contributed by atoms with Gasteiger partial charge in [-0.2, -0.15) is 0 Å². The second-order valence-electron chi connectivity index (χ2n) is 10.6. The van der Waals surface area contributed by atoms with E-state index >= 15 is 0 Å². The van der Waals surface area contributed by atoms with Gasteiger partial charge in [-0.05, 0) is 71.3 Å². The van der Waals surface area contributed by atoms with Crippen molar-refractivity contribution in [3.8, 4) is 5.75 Å². The summed E-state index contributed by atoms with van der Waals surface area (Å²) in [5, 5.41) is 48.6. The molecule has 0 saturated heterocycles. The van der Waals surface area contributed by atoms with Crippen LogP contribution in [0.3, 0.4) is 0 Å². The zero-order valence-corrected chi connectivity index (χ0v) is 21.4. The molecule has 3 aliphatic rings. The molecule has 200 valence electrons. The van der Waals surface area contributed by atoms with Crippen LogP contribution < -0.4 is 5.73 Å². The van der Waals surface area contributed by atoms with Gasteiger partial charge in [0.25, 0.3) is 0 Å². The van der Waals surface area contributed by atoms with E-state index in [2.05, 4.69) is 5.16 Å². The van der Waals surface area contributed by atoms with Crippen molar-refractivity contribution >= 4 is 28.9 Å². The maximum Gasteiger partial charge on any atom is 0.230 e. The fourth-order valence-corrected chi connectivity index (χ4v) is 6.18. The highest BCUT2D eigenvalue weighted by molar-refractivity contribution is 6.25. The number of hydrogen-bond acceptors (Lipinski definition) is 10. The number of primary amides is 1. The Hall–Kier alpha value is -3.28. The number of oxime groups is 1. The standard InChI is InChI=1S/C26H33N3O8/c1-10(2)37-28-11(3)13-6-7-16(30)18-14(13)8-12-9-15-20(29(4)5)22(32)19(25(27)35)24(34)26(15,36)23(33)17(12)21(18)31/h6-7,10,12,15,19-20,22,30-32,36H,8-9H2,1-5H3,(H2,27,35)/b28-11-/t12-,15-,19?,20-,22?,26-/m0/s1. The molecule has 0 heterocycles. The minimum absolute atomic E-state index is 0.0113. The number of nitrogens with zero attached hydrogens (tertiary/aromatic N) is 2. The van der Waals surface area contributed by atoms with E-state index in [1.54, 1.807) is 32.0 Å². The molecule has 6 N–H and O–H groups in total. The highest BCUT2D eigenvalue weighted by atomic mass is 16.6. The first kappa shape index (κ1) is 26.8. The Labute approximate surface area is 214 Å². The Morgan fingerprint density at radius 3 is 2.46 bits per heavy atom. The fraction of sp³-hybridized carbons (Fsp3) is 0.538. The smallest absolute Gasteiger partial charge is 0.230 e. The van der Waals surface area contributed by atoms with E-state index in [0.717, 1.165) is 0 Å². The summed E-state index contributed by atoms with van der Waals surface area (Å²) in [6.45, 7) is 5.36. The van der Waals surface area contributed by atoms with Gasteiger partial charge in [-0.3, -0.25) is 14.4 Å². The minimum Gasteiger partial charge on any atom is -0.507 e. The zero-order valence-electron chi connectivity index (χ0n) is 21.4. The van der Waals surface area contributed by atoms with Crippen molar-refractivity contribution in [3.63, 3.8) is 0 Å². The zero-order chi connectivity index (χ0) is 27.6. The van der Waals surface area contributed by atoms with Crippen LogP contribution in [0.15, 0.2) is 22.9 Å². The van der Waals surface area contributed by atoms with Crippen LogP contribution in [0, 0.1) is 17.8 Å². The maximum atomic E-state index is 13.8. The number of likely N-dealkylation sites (N-methyl/N-ethyl adjacent to an activating group) is 1. The van der Waals surface area contributed by atoms with E-state index in [0.29, 0.717) is 16.8 Å². The summed E-state index contributed by atoms with van der Waals surface area (Å²) >= 11 is 0. The van der Waals surface area contributed by atoms with Gasteiger partial charge < -0.3 is 35.9 Å². The number of fused-ring (bicyclic) bond motifs is 3. The number of aromatic hydroxyl groups is 1. The number of nitrogens with two attached hydrogens (primary N) is 1. The molecular weight excluding hydrogens is 482 g/mol. The molecule has 0 aromatic heterocycles. The van der Waals surface area contributed by atoms with Gasteiger partial charge in [-0.25, -0.2) is 0 Å². The third-order valence-electron chi connectivity index (χ3n) is 7.76. The van der Waals surface area contributed by atoms with Gasteiger partial charge in [0, 0.05) is 23.1 Å². The molecule has 1 amide bonds. The second-order valence-corrected chi connectivity index (χ2v) is 10.6. The van der Waals surface area contributed by atoms with Crippen molar-refractivity contribution in [1.82, 2.24) is 4.90 Å². The molecular formula is C26H33N3O8. The van der Waals surface area contributed by atoms with Crippen LogP contribution >= 0.6 is 0 Å². The predicted molar refractivity (Wildman–Crippen MR) is 133 cm³/mol. The Bertz CT molecular complexity index is 1240. The number of ketones is 2. The summed E-state index contributed by atoms with van der Waals surface area (Å²) in [6.07, 6.45) is -1.46. The van der Waals surface area contributed by atoms with Gasteiger partial charge >= 0.3 is 0 Å². The quantitative estimate of drug-likeness (QED) is 0.209. The summed E-state index contributed by atoms with van der Waals surface area (Å²) in [5.41, 5.74) is 4.16. The number of benzene rings is 1. The minimum atomic E-state index is -2.68. The number of aliphatic hydroxyl groups is 3. The number of hydrogen-bond donors (Lipinski definition) is 5. The van der Waals surface area contributed by atoms with Crippen molar-refractivity contribution in [2.75, 3.05) is 14.1 Å². The lowest BCUT2D eigenvalue weighted by atomic mass is 9.54. The monoisotopic (exact) mass is 515 g/mol. The fourth-order valence-electron chi connectivity index (χ4n) is 6.18. The molecule has 2 saturated carbocycles. The first-order chi connectivity index (χ1) is 17.2. The number of amides is 1. The van der Waals surface area contributed by atoms with Gasteiger partial charge in [0.1, 0.15) is 23.5 Å². The third kappa shape index (κ3) is 3.92. The molecule has 11 heteroatoms. The lowest BCUT2D eigenvalue weighted by Crippen LogP contribution is -2.73. The molecule has 4 rings (SSSR count). The average molecular weight is 516 g/mol. The molecule has 0 bridgehead atoms. The Morgan fingerprint density at radius 2 is 1.89 bits per heavy atom. The summed E-state index contributed by atoms with van der Waals surface area (Å²) in [4.78, 5) is 46.2. The summed E-state index contributed by atoms with van der Waals surface area (Å²) in [5.74, 6) is -7.73. The van der Waals surface area contributed by atoms with Gasteiger partial charge in [-0.1, -0.05) is 5.16 Å². The van der Waals surface area contributed by atoms with Crippen LogP contribution in [-0.2, 0) is 25.6 Å². The molecule has 0 aliphatic heterocycles. The molecule has 37 heavy (non-hydrogen) atoms. The van der Waals surface area contributed by atoms with Gasteiger partial charge in [0.15, 0.2) is 11.4 Å².